The van der Waals surface area contributed by atoms with Crippen molar-refractivity contribution in [3.8, 4) is 11.8 Å². The summed E-state index contributed by atoms with van der Waals surface area (Å²) in [7, 11) is 0. The van der Waals surface area contributed by atoms with Crippen molar-refractivity contribution >= 4 is 6.29 Å². The maximum atomic E-state index is 10.2. The summed E-state index contributed by atoms with van der Waals surface area (Å²) in [5.41, 5.74) is 0. The normalized spacial score (nSPS) is 11.5. The van der Waals surface area contributed by atoms with Crippen molar-refractivity contribution in [2.75, 3.05) is 0 Å². The number of carbonyl (C=O) groups is 1. The van der Waals surface area contributed by atoms with E-state index < -0.39 is 0 Å². The van der Waals surface area contributed by atoms with Crippen LogP contribution in [0.4, 0.5) is 0 Å². The van der Waals surface area contributed by atoms with Crippen molar-refractivity contribution in [3.05, 3.63) is 0 Å². The molecule has 0 aromatic heterocycles. The predicted octanol–water partition coefficient (Wildman–Crippen LogP) is 3.19. The van der Waals surface area contributed by atoms with Gasteiger partial charge >= 0.3 is 0 Å². The van der Waals surface area contributed by atoms with Crippen molar-refractivity contribution in [2.45, 2.75) is 52.4 Å². The summed E-state index contributed by atoms with van der Waals surface area (Å²) in [5, 5.41) is 0. The standard InChI is InChI=1S/C12H20O/c1-3-4-5-6-7-8-9-10-12(2)11-13/h11-12H,3-7,10H2,1-2H3. The molecule has 0 aliphatic carbocycles. The third-order valence-corrected chi connectivity index (χ3v) is 1.94. The van der Waals surface area contributed by atoms with E-state index in [9.17, 15) is 4.79 Å². The number of hydrogen-bond donors (Lipinski definition) is 0. The molecule has 1 atom stereocenters. The van der Waals surface area contributed by atoms with Gasteiger partial charge in [-0.05, 0) is 6.42 Å². The van der Waals surface area contributed by atoms with Gasteiger partial charge < -0.3 is 4.79 Å². The molecule has 0 spiro atoms. The molecule has 0 saturated carbocycles. The molecule has 0 amide bonds. The van der Waals surface area contributed by atoms with Crippen molar-refractivity contribution < 1.29 is 4.79 Å². The van der Waals surface area contributed by atoms with Crippen LogP contribution >= 0.6 is 0 Å². The first-order chi connectivity index (χ1) is 6.31. The van der Waals surface area contributed by atoms with Crippen molar-refractivity contribution in [2.24, 2.45) is 5.92 Å². The molecule has 0 fully saturated rings. The van der Waals surface area contributed by atoms with Gasteiger partial charge in [-0.25, -0.2) is 0 Å². The van der Waals surface area contributed by atoms with Crippen LogP contribution in [0.1, 0.15) is 52.4 Å². The largest absolute Gasteiger partial charge is 0.303 e. The Kier molecular flexibility index (Phi) is 8.77. The fraction of sp³-hybridized carbons (Fsp3) is 0.750. The smallest absolute Gasteiger partial charge is 0.123 e. The zero-order chi connectivity index (χ0) is 9.94. The van der Waals surface area contributed by atoms with Gasteiger partial charge in [0, 0.05) is 18.8 Å². The molecule has 0 aliphatic heterocycles. The minimum atomic E-state index is 0.100. The monoisotopic (exact) mass is 180 g/mol. The van der Waals surface area contributed by atoms with Gasteiger partial charge in [-0.2, -0.15) is 0 Å². The Morgan fingerprint density at radius 1 is 1.23 bits per heavy atom. The minimum absolute atomic E-state index is 0.100. The molecule has 13 heavy (non-hydrogen) atoms. The Balaban J connectivity index is 3.24. The van der Waals surface area contributed by atoms with Gasteiger partial charge in [0.1, 0.15) is 6.29 Å². The molecule has 0 aliphatic rings. The van der Waals surface area contributed by atoms with Gasteiger partial charge in [-0.3, -0.25) is 0 Å². The molecule has 0 heterocycles. The number of hydrogen-bond acceptors (Lipinski definition) is 1. The van der Waals surface area contributed by atoms with E-state index in [1.165, 1.54) is 25.7 Å². The Hall–Kier alpha value is -0.770. The highest BCUT2D eigenvalue weighted by molar-refractivity contribution is 5.53. The van der Waals surface area contributed by atoms with Crippen LogP contribution in [-0.2, 0) is 4.79 Å². The molecule has 0 N–H and O–H groups in total. The lowest BCUT2D eigenvalue weighted by Gasteiger charge is -1.93. The Morgan fingerprint density at radius 3 is 2.62 bits per heavy atom. The fourth-order valence-electron chi connectivity index (χ4n) is 1.01. The molecular weight excluding hydrogens is 160 g/mol. The van der Waals surface area contributed by atoms with Crippen LogP contribution in [0.3, 0.4) is 0 Å². The summed E-state index contributed by atoms with van der Waals surface area (Å²) < 4.78 is 0. The Morgan fingerprint density at radius 2 is 2.00 bits per heavy atom. The van der Waals surface area contributed by atoms with Gasteiger partial charge in [0.25, 0.3) is 0 Å². The van der Waals surface area contributed by atoms with Crippen LogP contribution in [0.15, 0.2) is 0 Å². The first-order valence-electron chi connectivity index (χ1n) is 5.22. The quantitative estimate of drug-likeness (QED) is 0.348. The Labute approximate surface area is 81.9 Å². The molecule has 1 nitrogen and oxygen atoms in total. The van der Waals surface area contributed by atoms with Crippen LogP contribution in [0.2, 0.25) is 0 Å². The number of aldehydes is 1. The first kappa shape index (κ1) is 12.2. The van der Waals surface area contributed by atoms with Crippen LogP contribution < -0.4 is 0 Å². The van der Waals surface area contributed by atoms with E-state index in [0.717, 1.165) is 19.1 Å². The van der Waals surface area contributed by atoms with E-state index in [2.05, 4.69) is 18.8 Å². The third-order valence-electron chi connectivity index (χ3n) is 1.94. The maximum absolute atomic E-state index is 10.2. The van der Waals surface area contributed by atoms with E-state index in [1.54, 1.807) is 0 Å². The number of carbonyl (C=O) groups excluding carboxylic acids is 1. The van der Waals surface area contributed by atoms with Gasteiger partial charge in [0.15, 0.2) is 0 Å². The average Bonchev–Trinajstić information content (AvgIpc) is 2.16. The number of rotatable bonds is 6. The minimum Gasteiger partial charge on any atom is -0.303 e. The van der Waals surface area contributed by atoms with Crippen molar-refractivity contribution in [3.63, 3.8) is 0 Å². The lowest BCUT2D eigenvalue weighted by Crippen LogP contribution is -1.91. The zero-order valence-corrected chi connectivity index (χ0v) is 8.81. The molecule has 74 valence electrons. The highest BCUT2D eigenvalue weighted by Gasteiger charge is 1.93. The SMILES string of the molecule is CCCCCCC#CCC(C)C=O. The second-order valence-corrected chi connectivity index (χ2v) is 3.48. The molecule has 0 saturated heterocycles. The van der Waals surface area contributed by atoms with Crippen LogP contribution in [0, 0.1) is 17.8 Å². The van der Waals surface area contributed by atoms with Crippen LogP contribution in [0.25, 0.3) is 0 Å². The third kappa shape index (κ3) is 9.14. The van der Waals surface area contributed by atoms with Gasteiger partial charge in [0.2, 0.25) is 0 Å². The Bertz CT molecular complexity index is 173. The van der Waals surface area contributed by atoms with Crippen molar-refractivity contribution in [1.29, 1.82) is 0 Å². The van der Waals surface area contributed by atoms with Gasteiger partial charge in [-0.15, -0.1) is 11.8 Å². The van der Waals surface area contributed by atoms with E-state index >= 15 is 0 Å². The van der Waals surface area contributed by atoms with Crippen molar-refractivity contribution in [1.82, 2.24) is 0 Å². The zero-order valence-electron chi connectivity index (χ0n) is 8.81. The predicted molar refractivity (Wildman–Crippen MR) is 56.4 cm³/mol. The summed E-state index contributed by atoms with van der Waals surface area (Å²) in [4.78, 5) is 10.2. The highest BCUT2D eigenvalue weighted by atomic mass is 16.1. The van der Waals surface area contributed by atoms with E-state index in [4.69, 9.17) is 0 Å². The van der Waals surface area contributed by atoms with E-state index in [-0.39, 0.29) is 5.92 Å². The maximum Gasteiger partial charge on any atom is 0.123 e. The van der Waals surface area contributed by atoms with Gasteiger partial charge in [-0.1, -0.05) is 33.1 Å². The average molecular weight is 180 g/mol. The number of unbranched alkanes of at least 4 members (excludes halogenated alkanes) is 4. The summed E-state index contributed by atoms with van der Waals surface area (Å²) in [5.74, 6) is 6.23. The molecular formula is C12H20O. The summed E-state index contributed by atoms with van der Waals surface area (Å²) >= 11 is 0. The second-order valence-electron chi connectivity index (χ2n) is 3.48. The van der Waals surface area contributed by atoms with Crippen LogP contribution in [-0.4, -0.2) is 6.29 Å². The molecule has 0 bridgehead atoms. The van der Waals surface area contributed by atoms with E-state index in [1.807, 2.05) is 6.92 Å². The highest BCUT2D eigenvalue weighted by Crippen LogP contribution is 2.01. The fourth-order valence-corrected chi connectivity index (χ4v) is 1.01. The second kappa shape index (κ2) is 9.32. The van der Waals surface area contributed by atoms with E-state index in [0.29, 0.717) is 0 Å². The molecule has 0 rings (SSSR count). The van der Waals surface area contributed by atoms with Crippen LogP contribution in [0.5, 0.6) is 0 Å². The summed E-state index contributed by atoms with van der Waals surface area (Å²) in [6.45, 7) is 4.11. The first-order valence-corrected chi connectivity index (χ1v) is 5.22. The summed E-state index contributed by atoms with van der Waals surface area (Å²) in [6.07, 6.45) is 7.75. The topological polar surface area (TPSA) is 17.1 Å². The summed E-state index contributed by atoms with van der Waals surface area (Å²) in [6, 6.07) is 0. The molecule has 0 aromatic carbocycles. The lowest BCUT2D eigenvalue weighted by atomic mass is 10.1. The molecule has 1 unspecified atom stereocenters. The van der Waals surface area contributed by atoms with Gasteiger partial charge in [0.05, 0.1) is 0 Å². The lowest BCUT2D eigenvalue weighted by molar-refractivity contribution is -0.110. The molecule has 0 radical (unpaired) electrons. The molecule has 1 heteroatoms. The molecule has 0 aromatic rings.